The first-order valence-electron chi connectivity index (χ1n) is 15.7. The van der Waals surface area contributed by atoms with E-state index in [1.807, 2.05) is 36.4 Å². The molecule has 0 aromatic heterocycles. The van der Waals surface area contributed by atoms with E-state index in [4.69, 9.17) is 9.98 Å². The Bertz CT molecular complexity index is 2030. The standard InChI is InChI=1S/C41H33N5/c1-28-42-37-24-10-11-25-38(37)46(28)34-21-13-19-32(27-34)31-18-12-20-33(26-31)35-22-8-9-23-36(35)41-44-39(29-14-4-2-5-15-29)43-40(45-41)30-16-6-3-7-17-30/h2-28,41-42H,1H3,(H,43,44,45). The van der Waals surface area contributed by atoms with E-state index in [9.17, 15) is 0 Å². The second kappa shape index (κ2) is 11.9. The molecule has 2 N–H and O–H groups in total. The minimum absolute atomic E-state index is 0.165. The molecular weight excluding hydrogens is 562 g/mol. The van der Waals surface area contributed by atoms with Crippen LogP contribution < -0.4 is 15.5 Å². The van der Waals surface area contributed by atoms with E-state index < -0.39 is 6.17 Å². The molecule has 0 fully saturated rings. The summed E-state index contributed by atoms with van der Waals surface area (Å²) in [7, 11) is 0. The summed E-state index contributed by atoms with van der Waals surface area (Å²) in [5.74, 6) is 1.62. The van der Waals surface area contributed by atoms with Crippen molar-refractivity contribution in [2.45, 2.75) is 19.3 Å². The van der Waals surface area contributed by atoms with Crippen LogP contribution >= 0.6 is 0 Å². The van der Waals surface area contributed by atoms with E-state index in [1.54, 1.807) is 0 Å². The molecule has 2 aliphatic heterocycles. The Hall–Kier alpha value is -5.94. The first-order chi connectivity index (χ1) is 22.7. The lowest BCUT2D eigenvalue weighted by Gasteiger charge is -2.25. The number of amidine groups is 2. The van der Waals surface area contributed by atoms with Gasteiger partial charge < -0.3 is 15.5 Å². The zero-order valence-corrected chi connectivity index (χ0v) is 25.5. The predicted molar refractivity (Wildman–Crippen MR) is 191 cm³/mol. The van der Waals surface area contributed by atoms with Crippen molar-refractivity contribution in [2.75, 3.05) is 10.2 Å². The number of fused-ring (bicyclic) bond motifs is 1. The van der Waals surface area contributed by atoms with Crippen molar-refractivity contribution in [3.8, 4) is 22.3 Å². The summed E-state index contributed by atoms with van der Waals surface area (Å²) in [6.45, 7) is 2.20. The molecule has 0 saturated carbocycles. The van der Waals surface area contributed by atoms with Gasteiger partial charge >= 0.3 is 0 Å². The molecule has 2 heterocycles. The summed E-state index contributed by atoms with van der Waals surface area (Å²) >= 11 is 0. The molecule has 222 valence electrons. The van der Waals surface area contributed by atoms with Crippen LogP contribution in [0, 0.1) is 0 Å². The van der Waals surface area contributed by atoms with Crippen molar-refractivity contribution in [1.82, 2.24) is 5.32 Å². The maximum Gasteiger partial charge on any atom is 0.170 e. The largest absolute Gasteiger partial charge is 0.363 e. The first-order valence-corrected chi connectivity index (χ1v) is 15.7. The van der Waals surface area contributed by atoms with E-state index in [2.05, 4.69) is 144 Å². The lowest BCUT2D eigenvalue weighted by Crippen LogP contribution is -2.36. The van der Waals surface area contributed by atoms with Crippen LogP contribution in [0.2, 0.25) is 0 Å². The van der Waals surface area contributed by atoms with Gasteiger partial charge in [-0.3, -0.25) is 0 Å². The molecule has 2 aliphatic rings. The highest BCUT2D eigenvalue weighted by Gasteiger charge is 2.26. The molecule has 8 rings (SSSR count). The second-order valence-corrected chi connectivity index (χ2v) is 11.6. The third-order valence-electron chi connectivity index (χ3n) is 8.62. The zero-order valence-electron chi connectivity index (χ0n) is 25.5. The van der Waals surface area contributed by atoms with Crippen LogP contribution in [0.3, 0.4) is 0 Å². The Morgan fingerprint density at radius 2 is 1.09 bits per heavy atom. The topological polar surface area (TPSA) is 52.0 Å². The van der Waals surface area contributed by atoms with Crippen LogP contribution in [-0.2, 0) is 0 Å². The van der Waals surface area contributed by atoms with Crippen LogP contribution in [-0.4, -0.2) is 17.8 Å². The minimum atomic E-state index is -0.404. The predicted octanol–water partition coefficient (Wildman–Crippen LogP) is 9.43. The lowest BCUT2D eigenvalue weighted by atomic mass is 9.94. The SMILES string of the molecule is CC1Nc2ccccc2N1c1cccc(-c2cccc(-c3ccccc3C3N=C(c4ccccc4)NC(c4ccccc4)=N3)c2)c1. The number of nitrogens with one attached hydrogen (secondary N) is 2. The van der Waals surface area contributed by atoms with Crippen molar-refractivity contribution in [1.29, 1.82) is 0 Å². The van der Waals surface area contributed by atoms with Crippen molar-refractivity contribution in [3.05, 3.63) is 174 Å². The minimum Gasteiger partial charge on any atom is -0.363 e. The van der Waals surface area contributed by atoms with Gasteiger partial charge in [0, 0.05) is 22.4 Å². The molecule has 0 amide bonds. The smallest absolute Gasteiger partial charge is 0.170 e. The Kier molecular flexibility index (Phi) is 7.12. The highest BCUT2D eigenvalue weighted by molar-refractivity contribution is 6.15. The van der Waals surface area contributed by atoms with Crippen molar-refractivity contribution >= 4 is 28.7 Å². The van der Waals surface area contributed by atoms with Crippen molar-refractivity contribution < 1.29 is 0 Å². The van der Waals surface area contributed by atoms with Crippen LogP contribution in [0.1, 0.15) is 29.8 Å². The molecule has 0 spiro atoms. The summed E-state index contributed by atoms with van der Waals surface area (Å²) in [5.41, 5.74) is 11.2. The third kappa shape index (κ3) is 5.22. The van der Waals surface area contributed by atoms with E-state index in [-0.39, 0.29) is 6.17 Å². The van der Waals surface area contributed by atoms with E-state index in [0.717, 1.165) is 56.4 Å². The number of hydrogen-bond donors (Lipinski definition) is 2. The number of aliphatic imine (C=N–C) groups is 2. The van der Waals surface area contributed by atoms with Crippen molar-refractivity contribution in [3.63, 3.8) is 0 Å². The fourth-order valence-corrected chi connectivity index (χ4v) is 6.43. The van der Waals surface area contributed by atoms with E-state index >= 15 is 0 Å². The molecule has 6 aromatic carbocycles. The monoisotopic (exact) mass is 595 g/mol. The van der Waals surface area contributed by atoms with Crippen LogP contribution in [0.5, 0.6) is 0 Å². The zero-order chi connectivity index (χ0) is 30.9. The number of nitrogens with zero attached hydrogens (tertiary/aromatic N) is 3. The molecule has 1 atom stereocenters. The van der Waals surface area contributed by atoms with Gasteiger partial charge in [0.1, 0.15) is 17.8 Å². The fourth-order valence-electron chi connectivity index (χ4n) is 6.43. The Morgan fingerprint density at radius 3 is 1.83 bits per heavy atom. The molecule has 5 nitrogen and oxygen atoms in total. The number of para-hydroxylation sites is 2. The van der Waals surface area contributed by atoms with Gasteiger partial charge in [-0.2, -0.15) is 0 Å². The number of benzene rings is 6. The van der Waals surface area contributed by atoms with Gasteiger partial charge in [0.15, 0.2) is 6.17 Å². The maximum atomic E-state index is 5.15. The summed E-state index contributed by atoms with van der Waals surface area (Å²) in [5, 5.41) is 7.11. The van der Waals surface area contributed by atoms with Crippen LogP contribution in [0.25, 0.3) is 22.3 Å². The highest BCUT2D eigenvalue weighted by Crippen LogP contribution is 2.41. The summed E-state index contributed by atoms with van der Waals surface area (Å²) in [6.07, 6.45) is -0.238. The molecule has 0 aliphatic carbocycles. The number of rotatable bonds is 6. The molecule has 1 unspecified atom stereocenters. The summed E-state index contributed by atoms with van der Waals surface area (Å²) in [4.78, 5) is 12.7. The summed E-state index contributed by atoms with van der Waals surface area (Å²) in [6, 6.07) is 55.1. The molecule has 46 heavy (non-hydrogen) atoms. The average Bonchev–Trinajstić information content (AvgIpc) is 3.48. The molecule has 0 saturated heterocycles. The van der Waals surface area contributed by atoms with Crippen LogP contribution in [0.4, 0.5) is 17.1 Å². The molecular formula is C41H33N5. The molecule has 6 aromatic rings. The van der Waals surface area contributed by atoms with Gasteiger partial charge in [0.2, 0.25) is 0 Å². The first kappa shape index (κ1) is 27.6. The molecule has 0 radical (unpaired) electrons. The third-order valence-corrected chi connectivity index (χ3v) is 8.62. The maximum absolute atomic E-state index is 5.15. The average molecular weight is 596 g/mol. The van der Waals surface area contributed by atoms with E-state index in [1.165, 1.54) is 11.3 Å². The van der Waals surface area contributed by atoms with E-state index in [0.29, 0.717) is 0 Å². The number of hydrogen-bond acceptors (Lipinski definition) is 5. The van der Waals surface area contributed by atoms with Crippen LogP contribution in [0.15, 0.2) is 168 Å². The van der Waals surface area contributed by atoms with Crippen molar-refractivity contribution in [2.24, 2.45) is 9.98 Å². The second-order valence-electron chi connectivity index (χ2n) is 11.6. The van der Waals surface area contributed by atoms with Gasteiger partial charge in [-0.1, -0.05) is 127 Å². The fraction of sp³-hybridized carbons (Fsp3) is 0.0732. The molecule has 0 bridgehead atoms. The van der Waals surface area contributed by atoms with Gasteiger partial charge in [-0.15, -0.1) is 0 Å². The quantitative estimate of drug-likeness (QED) is 0.202. The van der Waals surface area contributed by atoms with Gasteiger partial charge in [-0.05, 0) is 59.5 Å². The Labute approximate surface area is 269 Å². The normalized spacial score (nSPS) is 15.8. The molecule has 5 heteroatoms. The Balaban J connectivity index is 1.18. The summed E-state index contributed by atoms with van der Waals surface area (Å²) < 4.78 is 0. The van der Waals surface area contributed by atoms with Gasteiger partial charge in [-0.25, -0.2) is 9.98 Å². The van der Waals surface area contributed by atoms with Gasteiger partial charge in [0.05, 0.1) is 11.4 Å². The Morgan fingerprint density at radius 1 is 0.522 bits per heavy atom. The van der Waals surface area contributed by atoms with Gasteiger partial charge in [0.25, 0.3) is 0 Å². The highest BCUT2D eigenvalue weighted by atomic mass is 15.3. The lowest BCUT2D eigenvalue weighted by molar-refractivity contribution is 0.757. The number of anilines is 3.